The fraction of sp³-hybridized carbons (Fsp3) is 0.500. The van der Waals surface area contributed by atoms with Gasteiger partial charge in [-0.3, -0.25) is 4.79 Å². The number of piperidine rings is 1. The number of hydrogen-bond acceptors (Lipinski definition) is 3. The molecule has 1 aromatic carbocycles. The van der Waals surface area contributed by atoms with E-state index in [1.165, 1.54) is 0 Å². The van der Waals surface area contributed by atoms with Gasteiger partial charge in [0.05, 0.1) is 0 Å². The largest absolute Gasteiger partial charge is 0.348 e. The van der Waals surface area contributed by atoms with E-state index in [9.17, 15) is 9.59 Å². The molecule has 128 valence electrons. The molecule has 1 aromatic rings. The smallest absolute Gasteiger partial charge is 0.319 e. The van der Waals surface area contributed by atoms with Crippen LogP contribution in [0.4, 0.5) is 10.5 Å². The lowest BCUT2D eigenvalue weighted by Crippen LogP contribution is -2.45. The highest BCUT2D eigenvalue weighted by Gasteiger charge is 2.16. The van der Waals surface area contributed by atoms with Crippen LogP contribution >= 0.6 is 12.4 Å². The van der Waals surface area contributed by atoms with E-state index in [0.717, 1.165) is 25.9 Å². The molecule has 6 nitrogen and oxygen atoms in total. The number of amides is 3. The Labute approximate surface area is 143 Å². The lowest BCUT2D eigenvalue weighted by Gasteiger charge is -2.23. The first-order valence-electron chi connectivity index (χ1n) is 7.74. The molecule has 0 radical (unpaired) electrons. The molecule has 3 amide bonds. The predicted octanol–water partition coefficient (Wildman–Crippen LogP) is 2.12. The zero-order valence-electron chi connectivity index (χ0n) is 13.5. The minimum Gasteiger partial charge on any atom is -0.348 e. The maximum atomic E-state index is 12.3. The topological polar surface area (TPSA) is 82.3 Å². The standard InChI is InChI=1S/C16H24N4O2.ClH/c1-11(2)18-16(22)20-13-6-3-5-12(9-13)15(21)19-14-7-4-8-17-10-14;/h3,5-6,9,11,14,17H,4,7-8,10H2,1-2H3,(H,19,21)(H2,18,20,22);1H/t14-;/m0./s1. The van der Waals surface area contributed by atoms with E-state index in [-0.39, 0.29) is 36.4 Å². The van der Waals surface area contributed by atoms with Gasteiger partial charge < -0.3 is 21.3 Å². The van der Waals surface area contributed by atoms with Gasteiger partial charge in [-0.2, -0.15) is 0 Å². The number of carbonyl (C=O) groups is 2. The number of halogens is 1. The molecule has 1 fully saturated rings. The van der Waals surface area contributed by atoms with Gasteiger partial charge in [0.1, 0.15) is 0 Å². The monoisotopic (exact) mass is 340 g/mol. The van der Waals surface area contributed by atoms with E-state index >= 15 is 0 Å². The van der Waals surface area contributed by atoms with Crippen molar-refractivity contribution >= 4 is 30.0 Å². The third-order valence-corrected chi connectivity index (χ3v) is 3.43. The average molecular weight is 341 g/mol. The summed E-state index contributed by atoms with van der Waals surface area (Å²) in [5.74, 6) is -0.110. The SMILES string of the molecule is CC(C)NC(=O)Nc1cccc(C(=O)N[C@H]2CCCNC2)c1.Cl. The second-order valence-electron chi connectivity index (χ2n) is 5.85. The summed E-state index contributed by atoms with van der Waals surface area (Å²) >= 11 is 0. The minimum atomic E-state index is -0.274. The van der Waals surface area contributed by atoms with Crippen molar-refractivity contribution in [2.45, 2.75) is 38.8 Å². The second-order valence-corrected chi connectivity index (χ2v) is 5.85. The number of benzene rings is 1. The molecule has 1 aliphatic rings. The molecule has 0 aliphatic carbocycles. The molecule has 1 atom stereocenters. The minimum absolute atomic E-state index is 0. The van der Waals surface area contributed by atoms with Gasteiger partial charge in [0.2, 0.25) is 0 Å². The number of nitrogens with one attached hydrogen (secondary N) is 4. The number of anilines is 1. The summed E-state index contributed by atoms with van der Waals surface area (Å²) in [6.07, 6.45) is 2.06. The first-order chi connectivity index (χ1) is 10.5. The Hall–Kier alpha value is -1.79. The molecule has 0 saturated carbocycles. The summed E-state index contributed by atoms with van der Waals surface area (Å²) in [6, 6.07) is 6.91. The fourth-order valence-corrected chi connectivity index (χ4v) is 2.41. The molecule has 1 aliphatic heterocycles. The highest BCUT2D eigenvalue weighted by atomic mass is 35.5. The predicted molar refractivity (Wildman–Crippen MR) is 94.3 cm³/mol. The van der Waals surface area contributed by atoms with Gasteiger partial charge in [-0.25, -0.2) is 4.79 Å². The van der Waals surface area contributed by atoms with E-state index < -0.39 is 0 Å². The van der Waals surface area contributed by atoms with Crippen molar-refractivity contribution in [2.75, 3.05) is 18.4 Å². The number of hydrogen-bond donors (Lipinski definition) is 4. The summed E-state index contributed by atoms with van der Waals surface area (Å²) in [4.78, 5) is 24.0. The summed E-state index contributed by atoms with van der Waals surface area (Å²) < 4.78 is 0. The Bertz CT molecular complexity index is 531. The lowest BCUT2D eigenvalue weighted by molar-refractivity contribution is 0.0930. The van der Waals surface area contributed by atoms with E-state index in [2.05, 4.69) is 21.3 Å². The highest BCUT2D eigenvalue weighted by Crippen LogP contribution is 2.11. The van der Waals surface area contributed by atoms with Gasteiger partial charge >= 0.3 is 6.03 Å². The van der Waals surface area contributed by atoms with Crippen LogP contribution in [0.25, 0.3) is 0 Å². The van der Waals surface area contributed by atoms with Crippen molar-refractivity contribution in [2.24, 2.45) is 0 Å². The molecule has 0 spiro atoms. The van der Waals surface area contributed by atoms with Crippen molar-refractivity contribution in [1.82, 2.24) is 16.0 Å². The number of rotatable bonds is 4. The molecule has 0 unspecified atom stereocenters. The summed E-state index contributed by atoms with van der Waals surface area (Å²) in [6.45, 7) is 5.60. The Morgan fingerprint density at radius 1 is 1.30 bits per heavy atom. The van der Waals surface area contributed by atoms with Gasteiger partial charge in [-0.15, -0.1) is 12.4 Å². The normalized spacial score (nSPS) is 17.1. The van der Waals surface area contributed by atoms with Crippen molar-refractivity contribution in [3.05, 3.63) is 29.8 Å². The van der Waals surface area contributed by atoms with Crippen LogP contribution in [-0.2, 0) is 0 Å². The Kier molecular flexibility index (Phi) is 7.85. The van der Waals surface area contributed by atoms with E-state index in [0.29, 0.717) is 11.3 Å². The molecule has 7 heteroatoms. The maximum absolute atomic E-state index is 12.3. The van der Waals surface area contributed by atoms with Crippen molar-refractivity contribution in [3.8, 4) is 0 Å². The molecule has 0 bridgehead atoms. The quantitative estimate of drug-likeness (QED) is 0.677. The van der Waals surface area contributed by atoms with Crippen LogP contribution in [0.3, 0.4) is 0 Å². The Morgan fingerprint density at radius 2 is 2.09 bits per heavy atom. The van der Waals surface area contributed by atoms with Crippen LogP contribution in [0, 0.1) is 0 Å². The van der Waals surface area contributed by atoms with Crippen LogP contribution in [0.5, 0.6) is 0 Å². The van der Waals surface area contributed by atoms with Gasteiger partial charge in [-0.1, -0.05) is 6.07 Å². The van der Waals surface area contributed by atoms with Gasteiger partial charge in [0, 0.05) is 29.9 Å². The lowest BCUT2D eigenvalue weighted by atomic mass is 10.1. The average Bonchev–Trinajstić information content (AvgIpc) is 2.47. The fourth-order valence-electron chi connectivity index (χ4n) is 2.41. The first kappa shape index (κ1) is 19.3. The third kappa shape index (κ3) is 6.46. The third-order valence-electron chi connectivity index (χ3n) is 3.43. The zero-order chi connectivity index (χ0) is 15.9. The first-order valence-corrected chi connectivity index (χ1v) is 7.74. The molecule has 1 heterocycles. The van der Waals surface area contributed by atoms with E-state index in [1.807, 2.05) is 13.8 Å². The molecule has 1 saturated heterocycles. The van der Waals surface area contributed by atoms with Crippen molar-refractivity contribution in [3.63, 3.8) is 0 Å². The van der Waals surface area contributed by atoms with E-state index in [4.69, 9.17) is 0 Å². The van der Waals surface area contributed by atoms with Crippen LogP contribution < -0.4 is 21.3 Å². The van der Waals surface area contributed by atoms with Gasteiger partial charge in [-0.05, 0) is 51.4 Å². The van der Waals surface area contributed by atoms with Crippen molar-refractivity contribution < 1.29 is 9.59 Å². The molecule has 0 aromatic heterocycles. The summed E-state index contributed by atoms with van der Waals surface area (Å²) in [5.41, 5.74) is 1.15. The van der Waals surface area contributed by atoms with Crippen LogP contribution in [0.15, 0.2) is 24.3 Å². The Morgan fingerprint density at radius 3 is 2.74 bits per heavy atom. The summed E-state index contributed by atoms with van der Waals surface area (Å²) in [7, 11) is 0. The number of urea groups is 1. The maximum Gasteiger partial charge on any atom is 0.319 e. The zero-order valence-corrected chi connectivity index (χ0v) is 14.3. The molecule has 23 heavy (non-hydrogen) atoms. The van der Waals surface area contributed by atoms with Crippen molar-refractivity contribution in [1.29, 1.82) is 0 Å². The molecule has 2 rings (SSSR count). The second kappa shape index (κ2) is 9.37. The number of carbonyl (C=O) groups excluding carboxylic acids is 2. The molecular formula is C16H25ClN4O2. The summed E-state index contributed by atoms with van der Waals surface area (Å²) in [5, 5.41) is 11.8. The van der Waals surface area contributed by atoms with Gasteiger partial charge in [0.15, 0.2) is 0 Å². The molecule has 4 N–H and O–H groups in total. The van der Waals surface area contributed by atoms with Crippen LogP contribution in [0.1, 0.15) is 37.0 Å². The van der Waals surface area contributed by atoms with Crippen LogP contribution in [0.2, 0.25) is 0 Å². The highest BCUT2D eigenvalue weighted by molar-refractivity contribution is 5.97. The van der Waals surface area contributed by atoms with Crippen LogP contribution in [-0.4, -0.2) is 37.1 Å². The van der Waals surface area contributed by atoms with Gasteiger partial charge in [0.25, 0.3) is 5.91 Å². The Balaban J connectivity index is 0.00000264. The van der Waals surface area contributed by atoms with E-state index in [1.54, 1.807) is 24.3 Å². The molecular weight excluding hydrogens is 316 g/mol.